The van der Waals surface area contributed by atoms with Gasteiger partial charge in [-0.3, -0.25) is 0 Å². The molecule has 21 heavy (non-hydrogen) atoms. The number of hydrogen-bond donors (Lipinski definition) is 2. The van der Waals surface area contributed by atoms with Gasteiger partial charge in [0.2, 0.25) is 5.89 Å². The van der Waals surface area contributed by atoms with Crippen molar-refractivity contribution in [2.75, 3.05) is 0 Å². The van der Waals surface area contributed by atoms with E-state index >= 15 is 0 Å². The zero-order chi connectivity index (χ0) is 15.1. The minimum absolute atomic E-state index is 0.0275. The van der Waals surface area contributed by atoms with Crippen molar-refractivity contribution in [3.8, 4) is 23.0 Å². The average molecular weight is 289 g/mol. The molecule has 0 unspecified atom stereocenters. The molecule has 1 aromatic heterocycles. The Kier molecular flexibility index (Phi) is 2.86. The molecule has 0 radical (unpaired) electrons. The summed E-state index contributed by atoms with van der Waals surface area (Å²) in [5.74, 6) is -3.34. The van der Waals surface area contributed by atoms with E-state index in [9.17, 15) is 13.9 Å². The largest absolute Gasteiger partial charge is 0.508 e. The summed E-state index contributed by atoms with van der Waals surface area (Å²) in [6, 6.07) is 4.62. The Labute approximate surface area is 117 Å². The van der Waals surface area contributed by atoms with E-state index in [2.05, 4.69) is 11.6 Å². The molecule has 0 saturated heterocycles. The van der Waals surface area contributed by atoms with Crippen LogP contribution in [0.1, 0.15) is 5.56 Å². The van der Waals surface area contributed by atoms with Gasteiger partial charge in [-0.2, -0.15) is 0 Å². The first-order valence-electron chi connectivity index (χ1n) is 5.94. The van der Waals surface area contributed by atoms with Gasteiger partial charge < -0.3 is 14.6 Å². The highest BCUT2D eigenvalue weighted by molar-refractivity contribution is 5.86. The highest BCUT2D eigenvalue weighted by atomic mass is 19.1. The van der Waals surface area contributed by atoms with Crippen LogP contribution in [-0.2, 0) is 0 Å². The molecule has 0 aliphatic heterocycles. The van der Waals surface area contributed by atoms with E-state index in [1.165, 1.54) is 18.2 Å². The molecule has 2 aromatic carbocycles. The van der Waals surface area contributed by atoms with E-state index in [1.54, 1.807) is 0 Å². The first-order chi connectivity index (χ1) is 9.99. The molecule has 4 nitrogen and oxygen atoms in total. The molecule has 6 heteroatoms. The minimum Gasteiger partial charge on any atom is -0.508 e. The summed E-state index contributed by atoms with van der Waals surface area (Å²) >= 11 is 0. The molecule has 1 heterocycles. The van der Waals surface area contributed by atoms with Crippen LogP contribution in [0.15, 0.2) is 35.3 Å². The lowest BCUT2D eigenvalue weighted by molar-refractivity contribution is 0.396. The van der Waals surface area contributed by atoms with Crippen LogP contribution >= 0.6 is 0 Å². The van der Waals surface area contributed by atoms with Gasteiger partial charge in [-0.1, -0.05) is 12.7 Å². The average Bonchev–Trinajstić information content (AvgIpc) is 2.86. The highest BCUT2D eigenvalue weighted by Crippen LogP contribution is 2.32. The standard InChI is InChI=1S/C15H9F2NO3/c1-2-7-3-9(19)6-12-14(7)21-15(18-12)8-4-10(16)13(20)11(17)5-8/h2-6,19-20H,1H2. The fraction of sp³-hybridized carbons (Fsp3) is 0. The summed E-state index contributed by atoms with van der Waals surface area (Å²) in [5, 5.41) is 18.7. The van der Waals surface area contributed by atoms with Crippen molar-refractivity contribution >= 4 is 17.2 Å². The second kappa shape index (κ2) is 4.59. The molecule has 2 N–H and O–H groups in total. The number of phenolic OH excluding ortho intramolecular Hbond substituents is 2. The summed E-state index contributed by atoms with van der Waals surface area (Å²) in [7, 11) is 0. The van der Waals surface area contributed by atoms with Crippen molar-refractivity contribution < 1.29 is 23.4 Å². The molecule has 3 rings (SSSR count). The van der Waals surface area contributed by atoms with Crippen molar-refractivity contribution in [1.29, 1.82) is 0 Å². The lowest BCUT2D eigenvalue weighted by Gasteiger charge is -2.00. The third-order valence-electron chi connectivity index (χ3n) is 2.99. The van der Waals surface area contributed by atoms with Crippen molar-refractivity contribution in [2.45, 2.75) is 0 Å². The molecule has 3 aromatic rings. The van der Waals surface area contributed by atoms with E-state index in [4.69, 9.17) is 9.52 Å². The Morgan fingerprint density at radius 3 is 2.38 bits per heavy atom. The van der Waals surface area contributed by atoms with Gasteiger partial charge in [-0.05, 0) is 18.2 Å². The maximum atomic E-state index is 13.4. The number of aromatic hydroxyl groups is 2. The quantitative estimate of drug-likeness (QED) is 0.752. The molecule has 106 valence electrons. The van der Waals surface area contributed by atoms with Crippen molar-refractivity contribution in [3.63, 3.8) is 0 Å². The Hall–Kier alpha value is -2.89. The number of rotatable bonds is 2. The predicted octanol–water partition coefficient (Wildman–Crippen LogP) is 3.83. The summed E-state index contributed by atoms with van der Waals surface area (Å²) in [5.41, 5.74) is 1.21. The fourth-order valence-electron chi connectivity index (χ4n) is 2.01. The number of fused-ring (bicyclic) bond motifs is 1. The first kappa shape index (κ1) is 13.1. The van der Waals surface area contributed by atoms with Crippen LogP contribution < -0.4 is 0 Å². The molecule has 0 amide bonds. The number of aromatic nitrogens is 1. The number of halogens is 2. The molecule has 0 bridgehead atoms. The molecule has 0 spiro atoms. The maximum Gasteiger partial charge on any atom is 0.227 e. The van der Waals surface area contributed by atoms with Gasteiger partial charge in [0.05, 0.1) is 0 Å². The zero-order valence-corrected chi connectivity index (χ0v) is 10.6. The van der Waals surface area contributed by atoms with E-state index in [0.29, 0.717) is 16.7 Å². The van der Waals surface area contributed by atoms with Crippen LogP contribution in [0.25, 0.3) is 28.6 Å². The highest BCUT2D eigenvalue weighted by Gasteiger charge is 2.16. The molecule has 0 aliphatic rings. The van der Waals surface area contributed by atoms with Crippen molar-refractivity contribution in [1.82, 2.24) is 4.98 Å². The smallest absolute Gasteiger partial charge is 0.227 e. The second-order valence-electron chi connectivity index (χ2n) is 4.39. The third kappa shape index (κ3) is 2.10. The van der Waals surface area contributed by atoms with Crippen LogP contribution in [-0.4, -0.2) is 15.2 Å². The Balaban J connectivity index is 2.24. The van der Waals surface area contributed by atoms with E-state index in [-0.39, 0.29) is 17.2 Å². The second-order valence-corrected chi connectivity index (χ2v) is 4.39. The molecule has 0 aliphatic carbocycles. The number of phenols is 2. The molecule has 0 saturated carbocycles. The van der Waals surface area contributed by atoms with Gasteiger partial charge in [0, 0.05) is 17.2 Å². The maximum absolute atomic E-state index is 13.4. The van der Waals surface area contributed by atoms with Gasteiger partial charge in [0.15, 0.2) is 23.0 Å². The first-order valence-corrected chi connectivity index (χ1v) is 5.94. The summed E-state index contributed by atoms with van der Waals surface area (Å²) in [6.45, 7) is 3.59. The molecule has 0 fully saturated rings. The SMILES string of the molecule is C=Cc1cc(O)cc2nc(-c3cc(F)c(O)c(F)c3)oc12. The summed E-state index contributed by atoms with van der Waals surface area (Å²) in [4.78, 5) is 4.07. The van der Waals surface area contributed by atoms with Crippen LogP contribution in [0.5, 0.6) is 11.5 Å². The molecular formula is C15H9F2NO3. The molecular weight excluding hydrogens is 280 g/mol. The van der Waals surface area contributed by atoms with Gasteiger partial charge >= 0.3 is 0 Å². The minimum atomic E-state index is -1.11. The molecule has 0 atom stereocenters. The van der Waals surface area contributed by atoms with Gasteiger partial charge in [0.25, 0.3) is 0 Å². The Morgan fingerprint density at radius 2 is 1.76 bits per heavy atom. The van der Waals surface area contributed by atoms with Crippen LogP contribution in [0.3, 0.4) is 0 Å². The van der Waals surface area contributed by atoms with Crippen molar-refractivity contribution in [2.24, 2.45) is 0 Å². The predicted molar refractivity (Wildman–Crippen MR) is 72.8 cm³/mol. The number of benzene rings is 2. The zero-order valence-electron chi connectivity index (χ0n) is 10.6. The Morgan fingerprint density at radius 1 is 1.10 bits per heavy atom. The van der Waals surface area contributed by atoms with Gasteiger partial charge in [0.1, 0.15) is 11.3 Å². The van der Waals surface area contributed by atoms with Gasteiger partial charge in [-0.25, -0.2) is 13.8 Å². The van der Waals surface area contributed by atoms with E-state index < -0.39 is 17.4 Å². The van der Waals surface area contributed by atoms with E-state index in [0.717, 1.165) is 12.1 Å². The van der Waals surface area contributed by atoms with Gasteiger partial charge in [-0.15, -0.1) is 0 Å². The summed E-state index contributed by atoms with van der Waals surface area (Å²) in [6.07, 6.45) is 1.47. The van der Waals surface area contributed by atoms with Crippen LogP contribution in [0.2, 0.25) is 0 Å². The third-order valence-corrected chi connectivity index (χ3v) is 2.99. The van der Waals surface area contributed by atoms with E-state index in [1.807, 2.05) is 0 Å². The normalized spacial score (nSPS) is 11.0. The van der Waals surface area contributed by atoms with Crippen LogP contribution in [0.4, 0.5) is 8.78 Å². The fourth-order valence-corrected chi connectivity index (χ4v) is 2.01. The number of nitrogens with zero attached hydrogens (tertiary/aromatic N) is 1. The van der Waals surface area contributed by atoms with Crippen LogP contribution in [0, 0.1) is 11.6 Å². The Bertz CT molecular complexity index is 848. The lowest BCUT2D eigenvalue weighted by atomic mass is 10.2. The van der Waals surface area contributed by atoms with Crippen molar-refractivity contribution in [3.05, 3.63) is 48.0 Å². The number of oxazole rings is 1. The lowest BCUT2D eigenvalue weighted by Crippen LogP contribution is -1.86. The summed E-state index contributed by atoms with van der Waals surface area (Å²) < 4.78 is 32.2. The topological polar surface area (TPSA) is 66.5 Å². The monoisotopic (exact) mass is 289 g/mol. The number of hydrogen-bond acceptors (Lipinski definition) is 4.